The molecule has 2 unspecified atom stereocenters. The van der Waals surface area contributed by atoms with Crippen LogP contribution in [0.5, 0.6) is 0 Å². The van der Waals surface area contributed by atoms with Crippen molar-refractivity contribution in [2.24, 2.45) is 5.41 Å². The monoisotopic (exact) mass is 276 g/mol. The number of rotatable bonds is 5. The number of hydrogen-bond donors (Lipinski definition) is 3. The molecular formula is C13H25ClN2O2. The standard InChI is InChI=1S/C13H24N2O2.ClH/c1-2-4-13(5-3-6-13)9-15-12(17)11-7-10(16)8-14-11;/h10-11,14,16H,2-9H2,1H3,(H,15,17);1H. The van der Waals surface area contributed by atoms with Gasteiger partial charge in [0.05, 0.1) is 12.1 Å². The van der Waals surface area contributed by atoms with Crippen LogP contribution in [0.15, 0.2) is 0 Å². The average Bonchev–Trinajstić information content (AvgIpc) is 2.68. The Morgan fingerprint density at radius 1 is 1.50 bits per heavy atom. The number of β-amino-alcohol motifs (C(OH)–C–C–N with tert-alkyl or cyclic N) is 1. The maximum absolute atomic E-state index is 11.9. The maximum atomic E-state index is 11.9. The largest absolute Gasteiger partial charge is 0.392 e. The van der Waals surface area contributed by atoms with E-state index in [9.17, 15) is 9.90 Å². The summed E-state index contributed by atoms with van der Waals surface area (Å²) in [4.78, 5) is 11.9. The van der Waals surface area contributed by atoms with Crippen LogP contribution in [0.3, 0.4) is 0 Å². The fourth-order valence-electron chi connectivity index (χ4n) is 3.04. The maximum Gasteiger partial charge on any atom is 0.237 e. The highest BCUT2D eigenvalue weighted by Gasteiger charge is 2.37. The van der Waals surface area contributed by atoms with Crippen molar-refractivity contribution < 1.29 is 9.90 Å². The number of aliphatic hydroxyl groups excluding tert-OH is 1. The van der Waals surface area contributed by atoms with Gasteiger partial charge in [-0.25, -0.2) is 0 Å². The Morgan fingerprint density at radius 3 is 2.67 bits per heavy atom. The van der Waals surface area contributed by atoms with Gasteiger partial charge in [0.2, 0.25) is 5.91 Å². The van der Waals surface area contributed by atoms with E-state index in [0.29, 0.717) is 18.4 Å². The van der Waals surface area contributed by atoms with Crippen LogP contribution in [-0.2, 0) is 4.79 Å². The summed E-state index contributed by atoms with van der Waals surface area (Å²) in [6.45, 7) is 3.56. The van der Waals surface area contributed by atoms with Crippen molar-refractivity contribution in [1.29, 1.82) is 0 Å². The number of carbonyl (C=O) groups is 1. The third-order valence-corrected chi connectivity index (χ3v) is 4.26. The van der Waals surface area contributed by atoms with Crippen LogP contribution >= 0.6 is 12.4 Å². The molecular weight excluding hydrogens is 252 g/mol. The summed E-state index contributed by atoms with van der Waals surface area (Å²) in [5, 5.41) is 15.5. The van der Waals surface area contributed by atoms with Crippen LogP contribution in [0.1, 0.15) is 45.4 Å². The van der Waals surface area contributed by atoms with Gasteiger partial charge in [-0.05, 0) is 31.1 Å². The summed E-state index contributed by atoms with van der Waals surface area (Å²) >= 11 is 0. The van der Waals surface area contributed by atoms with Gasteiger partial charge in [-0.2, -0.15) is 0 Å². The second-order valence-electron chi connectivity index (χ2n) is 5.67. The Hall–Kier alpha value is -0.320. The molecule has 0 aromatic heterocycles. The minimum atomic E-state index is -0.362. The van der Waals surface area contributed by atoms with Gasteiger partial charge in [0.1, 0.15) is 0 Å². The molecule has 2 fully saturated rings. The molecule has 106 valence electrons. The van der Waals surface area contributed by atoms with Crippen molar-refractivity contribution in [1.82, 2.24) is 10.6 Å². The first-order valence-electron chi connectivity index (χ1n) is 6.84. The third kappa shape index (κ3) is 3.59. The molecule has 0 aromatic rings. The SMILES string of the molecule is CCCC1(CNC(=O)C2CC(O)CN2)CCC1.Cl. The molecule has 1 saturated carbocycles. The number of nitrogens with one attached hydrogen (secondary N) is 2. The van der Waals surface area contributed by atoms with Crippen LogP contribution < -0.4 is 10.6 Å². The van der Waals surface area contributed by atoms with Crippen molar-refractivity contribution in [3.8, 4) is 0 Å². The molecule has 3 N–H and O–H groups in total. The molecule has 1 saturated heterocycles. The van der Waals surface area contributed by atoms with Crippen LogP contribution in [0.4, 0.5) is 0 Å². The Bertz CT molecular complexity index is 282. The molecule has 18 heavy (non-hydrogen) atoms. The van der Waals surface area contributed by atoms with E-state index in [0.717, 1.165) is 6.54 Å². The summed E-state index contributed by atoms with van der Waals surface area (Å²) in [5.41, 5.74) is 0.377. The summed E-state index contributed by atoms with van der Waals surface area (Å²) in [6.07, 6.45) is 6.40. The highest BCUT2D eigenvalue weighted by Crippen LogP contribution is 2.44. The zero-order valence-corrected chi connectivity index (χ0v) is 11.9. The quantitative estimate of drug-likeness (QED) is 0.708. The number of carbonyl (C=O) groups excluding carboxylic acids is 1. The van der Waals surface area contributed by atoms with Crippen LogP contribution in [0, 0.1) is 5.41 Å². The third-order valence-electron chi connectivity index (χ3n) is 4.26. The highest BCUT2D eigenvalue weighted by molar-refractivity contribution is 5.85. The molecule has 0 aromatic carbocycles. The molecule has 1 aliphatic carbocycles. The van der Waals surface area contributed by atoms with E-state index in [1.165, 1.54) is 32.1 Å². The molecule has 2 atom stereocenters. The predicted octanol–water partition coefficient (Wildman–Crippen LogP) is 1.22. The van der Waals surface area contributed by atoms with Crippen molar-refractivity contribution in [2.45, 2.75) is 57.6 Å². The second kappa shape index (κ2) is 6.73. The summed E-state index contributed by atoms with van der Waals surface area (Å²) < 4.78 is 0. The zero-order valence-electron chi connectivity index (χ0n) is 11.1. The Morgan fingerprint density at radius 2 is 2.22 bits per heavy atom. The lowest BCUT2D eigenvalue weighted by Gasteiger charge is -2.42. The van der Waals surface area contributed by atoms with E-state index in [1.807, 2.05) is 0 Å². The highest BCUT2D eigenvalue weighted by atomic mass is 35.5. The van der Waals surface area contributed by atoms with Gasteiger partial charge in [0.25, 0.3) is 0 Å². The molecule has 1 heterocycles. The Balaban J connectivity index is 0.00000162. The van der Waals surface area contributed by atoms with E-state index >= 15 is 0 Å². The fourth-order valence-corrected chi connectivity index (χ4v) is 3.04. The van der Waals surface area contributed by atoms with Crippen molar-refractivity contribution in [3.63, 3.8) is 0 Å². The van der Waals surface area contributed by atoms with E-state index in [-0.39, 0.29) is 30.5 Å². The molecule has 2 aliphatic rings. The van der Waals surface area contributed by atoms with E-state index in [4.69, 9.17) is 0 Å². The molecule has 0 spiro atoms. The number of aliphatic hydroxyl groups is 1. The van der Waals surface area contributed by atoms with Gasteiger partial charge < -0.3 is 15.7 Å². The summed E-state index contributed by atoms with van der Waals surface area (Å²) in [6, 6.07) is -0.191. The molecule has 1 aliphatic heterocycles. The Labute approximate surface area is 115 Å². The lowest BCUT2D eigenvalue weighted by Crippen LogP contribution is -2.47. The summed E-state index contributed by atoms with van der Waals surface area (Å²) in [5.74, 6) is 0.0592. The molecule has 2 rings (SSSR count). The topological polar surface area (TPSA) is 61.4 Å². The van der Waals surface area contributed by atoms with E-state index < -0.39 is 0 Å². The predicted molar refractivity (Wildman–Crippen MR) is 73.9 cm³/mol. The first kappa shape index (κ1) is 15.7. The van der Waals surface area contributed by atoms with Crippen molar-refractivity contribution in [2.75, 3.05) is 13.1 Å². The average molecular weight is 277 g/mol. The van der Waals surface area contributed by atoms with Gasteiger partial charge in [-0.15, -0.1) is 12.4 Å². The smallest absolute Gasteiger partial charge is 0.237 e. The lowest BCUT2D eigenvalue weighted by molar-refractivity contribution is -0.123. The van der Waals surface area contributed by atoms with E-state index in [1.54, 1.807) is 0 Å². The first-order valence-corrected chi connectivity index (χ1v) is 6.84. The van der Waals surface area contributed by atoms with Crippen molar-refractivity contribution >= 4 is 18.3 Å². The van der Waals surface area contributed by atoms with Crippen LogP contribution in [0.2, 0.25) is 0 Å². The van der Waals surface area contributed by atoms with Gasteiger partial charge in [-0.1, -0.05) is 19.8 Å². The Kier molecular flexibility index (Phi) is 5.89. The zero-order chi connectivity index (χ0) is 12.3. The molecule has 0 bridgehead atoms. The fraction of sp³-hybridized carbons (Fsp3) is 0.923. The van der Waals surface area contributed by atoms with Gasteiger partial charge >= 0.3 is 0 Å². The molecule has 5 heteroatoms. The normalized spacial score (nSPS) is 29.2. The van der Waals surface area contributed by atoms with E-state index in [2.05, 4.69) is 17.6 Å². The van der Waals surface area contributed by atoms with Crippen molar-refractivity contribution in [3.05, 3.63) is 0 Å². The molecule has 1 amide bonds. The van der Waals surface area contributed by atoms with Gasteiger partial charge in [0, 0.05) is 13.1 Å². The number of hydrogen-bond acceptors (Lipinski definition) is 3. The van der Waals surface area contributed by atoms with Gasteiger partial charge in [0.15, 0.2) is 0 Å². The minimum absolute atomic E-state index is 0. The molecule has 0 radical (unpaired) electrons. The lowest BCUT2D eigenvalue weighted by atomic mass is 9.66. The van der Waals surface area contributed by atoms with Crippen LogP contribution in [0.25, 0.3) is 0 Å². The summed E-state index contributed by atoms with van der Waals surface area (Å²) in [7, 11) is 0. The number of halogens is 1. The first-order chi connectivity index (χ1) is 8.15. The van der Waals surface area contributed by atoms with Gasteiger partial charge in [-0.3, -0.25) is 4.79 Å². The second-order valence-corrected chi connectivity index (χ2v) is 5.67. The van der Waals surface area contributed by atoms with Crippen LogP contribution in [-0.4, -0.2) is 36.2 Å². The minimum Gasteiger partial charge on any atom is -0.392 e. The molecule has 4 nitrogen and oxygen atoms in total. The number of amides is 1.